The van der Waals surface area contributed by atoms with E-state index < -0.39 is 16.0 Å². The maximum absolute atomic E-state index is 13.1. The predicted octanol–water partition coefficient (Wildman–Crippen LogP) is 2.53. The monoisotopic (exact) mass is 309 g/mol. The Balaban J connectivity index is 2.55. The second kappa shape index (κ2) is 5.33. The van der Waals surface area contributed by atoms with Crippen molar-refractivity contribution in [2.45, 2.75) is 25.7 Å². The molecule has 2 rings (SSSR count). The van der Waals surface area contributed by atoms with Crippen LogP contribution in [0.2, 0.25) is 0 Å². The van der Waals surface area contributed by atoms with Gasteiger partial charge in [0.25, 0.3) is 10.0 Å². The minimum atomic E-state index is -3.90. The molecule has 1 aromatic carbocycles. The molecule has 0 fully saturated rings. The number of nitrogens with two attached hydrogens (primary N) is 1. The standard InChI is InChI=1S/C14H16FN3O2S/c1-8-7-11(16)10(3)14(9(8)2)21(19,20)18-13-6-4-5-12(15)17-13/h4-7H,16H2,1-3H3,(H,17,18). The molecule has 0 amide bonds. The van der Waals surface area contributed by atoms with Crippen LogP contribution in [-0.4, -0.2) is 13.4 Å². The highest BCUT2D eigenvalue weighted by Crippen LogP contribution is 2.29. The molecule has 112 valence electrons. The summed E-state index contributed by atoms with van der Waals surface area (Å²) in [7, 11) is -3.90. The zero-order chi connectivity index (χ0) is 15.8. The van der Waals surface area contributed by atoms with Gasteiger partial charge in [-0.3, -0.25) is 4.72 Å². The van der Waals surface area contributed by atoms with Crippen LogP contribution in [-0.2, 0) is 10.0 Å². The maximum Gasteiger partial charge on any atom is 0.263 e. The second-order valence-corrected chi connectivity index (χ2v) is 6.43. The van der Waals surface area contributed by atoms with E-state index in [1.807, 2.05) is 0 Å². The molecule has 0 aliphatic carbocycles. The number of nitrogen functional groups attached to an aromatic ring is 1. The molecule has 7 heteroatoms. The minimum Gasteiger partial charge on any atom is -0.398 e. The number of anilines is 2. The number of hydrogen-bond acceptors (Lipinski definition) is 4. The van der Waals surface area contributed by atoms with E-state index in [1.165, 1.54) is 12.1 Å². The molecule has 0 aliphatic heterocycles. The Morgan fingerprint density at radius 1 is 1.19 bits per heavy atom. The number of hydrogen-bond donors (Lipinski definition) is 2. The van der Waals surface area contributed by atoms with E-state index in [2.05, 4.69) is 9.71 Å². The van der Waals surface area contributed by atoms with Gasteiger partial charge in [0.1, 0.15) is 5.82 Å². The van der Waals surface area contributed by atoms with Crippen LogP contribution in [0, 0.1) is 26.7 Å². The van der Waals surface area contributed by atoms with Crippen LogP contribution >= 0.6 is 0 Å². The van der Waals surface area contributed by atoms with E-state index in [4.69, 9.17) is 5.73 Å². The molecule has 0 unspecified atom stereocenters. The third-order valence-corrected chi connectivity index (χ3v) is 4.93. The number of aromatic nitrogens is 1. The van der Waals surface area contributed by atoms with Crippen LogP contribution in [0.1, 0.15) is 16.7 Å². The van der Waals surface area contributed by atoms with Crippen LogP contribution in [0.15, 0.2) is 29.2 Å². The fraction of sp³-hybridized carbons (Fsp3) is 0.214. The number of halogens is 1. The van der Waals surface area contributed by atoms with Gasteiger partial charge in [-0.2, -0.15) is 4.39 Å². The van der Waals surface area contributed by atoms with Crippen molar-refractivity contribution in [3.8, 4) is 0 Å². The lowest BCUT2D eigenvalue weighted by molar-refractivity contribution is 0.584. The third-order valence-electron chi connectivity index (χ3n) is 3.30. The second-order valence-electron chi connectivity index (χ2n) is 4.81. The van der Waals surface area contributed by atoms with Crippen molar-refractivity contribution in [2.24, 2.45) is 0 Å². The average Bonchev–Trinajstić information content (AvgIpc) is 2.35. The van der Waals surface area contributed by atoms with Crippen LogP contribution in [0.4, 0.5) is 15.9 Å². The van der Waals surface area contributed by atoms with Crippen molar-refractivity contribution in [1.82, 2.24) is 4.98 Å². The van der Waals surface area contributed by atoms with Crippen LogP contribution < -0.4 is 10.5 Å². The SMILES string of the molecule is Cc1cc(N)c(C)c(S(=O)(=O)Nc2cccc(F)n2)c1C. The first-order valence-electron chi connectivity index (χ1n) is 6.24. The van der Waals surface area contributed by atoms with Crippen LogP contribution in [0.5, 0.6) is 0 Å². The molecule has 1 heterocycles. The fourth-order valence-corrected chi connectivity index (χ4v) is 3.67. The first-order valence-corrected chi connectivity index (χ1v) is 7.72. The molecule has 0 spiro atoms. The minimum absolute atomic E-state index is 0.0751. The first-order chi connectivity index (χ1) is 9.72. The number of sulfonamides is 1. The Morgan fingerprint density at radius 2 is 1.86 bits per heavy atom. The molecule has 5 nitrogen and oxygen atoms in total. The molecule has 1 aromatic heterocycles. The maximum atomic E-state index is 13.1. The zero-order valence-corrected chi connectivity index (χ0v) is 12.8. The molecule has 21 heavy (non-hydrogen) atoms. The lowest BCUT2D eigenvalue weighted by Gasteiger charge is -2.16. The number of rotatable bonds is 3. The molecular weight excluding hydrogens is 293 g/mol. The van der Waals surface area contributed by atoms with Gasteiger partial charge in [-0.1, -0.05) is 6.07 Å². The van der Waals surface area contributed by atoms with E-state index in [-0.39, 0.29) is 10.7 Å². The summed E-state index contributed by atoms with van der Waals surface area (Å²) in [6, 6.07) is 5.62. The van der Waals surface area contributed by atoms with E-state index in [9.17, 15) is 12.8 Å². The normalized spacial score (nSPS) is 11.4. The third kappa shape index (κ3) is 2.97. The zero-order valence-electron chi connectivity index (χ0n) is 11.9. The molecule has 0 atom stereocenters. The Kier molecular flexibility index (Phi) is 3.87. The van der Waals surface area contributed by atoms with Gasteiger partial charge in [-0.15, -0.1) is 0 Å². The summed E-state index contributed by atoms with van der Waals surface area (Å²) in [4.78, 5) is 3.60. The summed E-state index contributed by atoms with van der Waals surface area (Å²) in [5.41, 5.74) is 8.06. The smallest absolute Gasteiger partial charge is 0.263 e. The number of nitrogens with zero attached hydrogens (tertiary/aromatic N) is 1. The summed E-state index contributed by atoms with van der Waals surface area (Å²) in [5, 5.41) is 0. The van der Waals surface area contributed by atoms with Crippen LogP contribution in [0.25, 0.3) is 0 Å². The highest BCUT2D eigenvalue weighted by atomic mass is 32.2. The molecule has 0 bridgehead atoms. The van der Waals surface area contributed by atoms with Gasteiger partial charge in [0.15, 0.2) is 0 Å². The summed E-state index contributed by atoms with van der Waals surface area (Å²) in [6.45, 7) is 5.12. The Bertz CT molecular complexity index is 778. The topological polar surface area (TPSA) is 85.1 Å². The van der Waals surface area contributed by atoms with Crippen LogP contribution in [0.3, 0.4) is 0 Å². The number of aryl methyl sites for hydroxylation is 1. The van der Waals surface area contributed by atoms with E-state index in [0.29, 0.717) is 16.8 Å². The summed E-state index contributed by atoms with van der Waals surface area (Å²) < 4.78 is 40.4. The highest BCUT2D eigenvalue weighted by molar-refractivity contribution is 7.92. The van der Waals surface area contributed by atoms with Crippen molar-refractivity contribution < 1.29 is 12.8 Å². The molecule has 0 saturated carbocycles. The number of pyridine rings is 1. The Hall–Kier alpha value is -2.15. The first kappa shape index (κ1) is 15.2. The Labute approximate surface area is 123 Å². The lowest BCUT2D eigenvalue weighted by Crippen LogP contribution is -2.18. The molecule has 3 N–H and O–H groups in total. The van der Waals surface area contributed by atoms with Crippen molar-refractivity contribution in [3.63, 3.8) is 0 Å². The van der Waals surface area contributed by atoms with Gasteiger partial charge in [-0.25, -0.2) is 13.4 Å². The average molecular weight is 309 g/mol. The van der Waals surface area contributed by atoms with E-state index in [1.54, 1.807) is 26.8 Å². The van der Waals surface area contributed by atoms with Gasteiger partial charge in [0, 0.05) is 5.69 Å². The van der Waals surface area contributed by atoms with Crippen molar-refractivity contribution in [2.75, 3.05) is 10.5 Å². The molecule has 0 radical (unpaired) electrons. The van der Waals surface area contributed by atoms with Gasteiger partial charge in [0.05, 0.1) is 4.90 Å². The van der Waals surface area contributed by atoms with Crippen molar-refractivity contribution >= 4 is 21.5 Å². The largest absolute Gasteiger partial charge is 0.398 e. The van der Waals surface area contributed by atoms with Gasteiger partial charge in [-0.05, 0) is 55.7 Å². The van der Waals surface area contributed by atoms with Gasteiger partial charge in [0.2, 0.25) is 5.95 Å². The molecule has 0 saturated heterocycles. The molecule has 0 aliphatic rings. The van der Waals surface area contributed by atoms with E-state index in [0.717, 1.165) is 11.6 Å². The lowest BCUT2D eigenvalue weighted by atomic mass is 10.1. The molecular formula is C14H16FN3O2S. The van der Waals surface area contributed by atoms with Gasteiger partial charge >= 0.3 is 0 Å². The summed E-state index contributed by atoms with van der Waals surface area (Å²) >= 11 is 0. The number of nitrogens with one attached hydrogen (secondary N) is 1. The Morgan fingerprint density at radius 3 is 2.48 bits per heavy atom. The van der Waals surface area contributed by atoms with Crippen molar-refractivity contribution in [3.05, 3.63) is 46.9 Å². The van der Waals surface area contributed by atoms with Gasteiger partial charge < -0.3 is 5.73 Å². The predicted molar refractivity (Wildman–Crippen MR) is 80.1 cm³/mol. The van der Waals surface area contributed by atoms with E-state index >= 15 is 0 Å². The van der Waals surface area contributed by atoms with Crippen molar-refractivity contribution in [1.29, 1.82) is 0 Å². The quantitative estimate of drug-likeness (QED) is 0.674. The molecule has 2 aromatic rings. The fourth-order valence-electron chi connectivity index (χ4n) is 2.10. The number of benzene rings is 1. The summed E-state index contributed by atoms with van der Waals surface area (Å²) in [5.74, 6) is -0.832. The highest BCUT2D eigenvalue weighted by Gasteiger charge is 2.23. The summed E-state index contributed by atoms with van der Waals surface area (Å²) in [6.07, 6.45) is 0.